The van der Waals surface area contributed by atoms with Gasteiger partial charge in [-0.05, 0) is 12.1 Å². The van der Waals surface area contributed by atoms with Gasteiger partial charge >= 0.3 is 8.80 Å². The van der Waals surface area contributed by atoms with Crippen LogP contribution in [0.1, 0.15) is 6.92 Å². The van der Waals surface area contributed by atoms with Gasteiger partial charge in [0.1, 0.15) is 0 Å². The fourth-order valence-corrected chi connectivity index (χ4v) is 6.17. The van der Waals surface area contributed by atoms with Crippen LogP contribution < -0.4 is 0 Å². The molecule has 0 radical (unpaired) electrons. The lowest BCUT2D eigenvalue weighted by molar-refractivity contribution is 0.125. The smallest absolute Gasteiger partial charge is 0.423 e. The van der Waals surface area contributed by atoms with E-state index in [-0.39, 0.29) is 0 Å². The van der Waals surface area contributed by atoms with Gasteiger partial charge in [-0.25, -0.2) is 0 Å². The van der Waals surface area contributed by atoms with Gasteiger partial charge < -0.3 is 17.7 Å². The Kier molecular flexibility index (Phi) is 7.70. The first-order valence-electron chi connectivity index (χ1n) is 4.86. The van der Waals surface area contributed by atoms with Crippen LogP contribution in [0.3, 0.4) is 0 Å². The molecule has 0 aliphatic rings. The van der Waals surface area contributed by atoms with E-state index < -0.39 is 17.8 Å². The van der Waals surface area contributed by atoms with Crippen molar-refractivity contribution in [2.75, 3.05) is 28.4 Å². The first kappa shape index (κ1) is 14.3. The van der Waals surface area contributed by atoms with Gasteiger partial charge in [-0.1, -0.05) is 6.92 Å². The van der Waals surface area contributed by atoms with Gasteiger partial charge in [0.15, 0.2) is 9.04 Å². The maximum Gasteiger partial charge on any atom is 0.499 e. The second-order valence-electron chi connectivity index (χ2n) is 3.10. The Bertz CT molecular complexity index is 129. The molecule has 0 spiro atoms. The molecular formula is C8H22O4Si2. The van der Waals surface area contributed by atoms with Crippen molar-refractivity contribution in [3.05, 3.63) is 0 Å². The number of hydrogen-bond acceptors (Lipinski definition) is 4. The third-order valence-electron chi connectivity index (χ3n) is 2.49. The van der Waals surface area contributed by atoms with Gasteiger partial charge in [-0.3, -0.25) is 0 Å². The van der Waals surface area contributed by atoms with Gasteiger partial charge in [-0.15, -0.1) is 0 Å². The van der Waals surface area contributed by atoms with Crippen LogP contribution >= 0.6 is 0 Å². The molecule has 0 aromatic carbocycles. The molecule has 0 aliphatic carbocycles. The molecule has 0 rings (SSSR count). The maximum atomic E-state index is 5.42. The molecule has 1 atom stereocenters. The van der Waals surface area contributed by atoms with E-state index in [4.69, 9.17) is 17.7 Å². The second-order valence-corrected chi connectivity index (χ2v) is 9.30. The predicted molar refractivity (Wildman–Crippen MR) is 61.0 cm³/mol. The summed E-state index contributed by atoms with van der Waals surface area (Å²) < 4.78 is 21.4. The van der Waals surface area contributed by atoms with E-state index in [1.165, 1.54) is 0 Å². The summed E-state index contributed by atoms with van der Waals surface area (Å²) in [7, 11) is 3.33. The molecule has 0 aliphatic heterocycles. The predicted octanol–water partition coefficient (Wildman–Crippen LogP) is 1.25. The zero-order valence-electron chi connectivity index (χ0n) is 9.83. The largest absolute Gasteiger partial charge is 0.499 e. The monoisotopic (exact) mass is 238 g/mol. The fourth-order valence-electron chi connectivity index (χ4n) is 1.38. The van der Waals surface area contributed by atoms with Crippen molar-refractivity contribution in [3.8, 4) is 0 Å². The third-order valence-corrected chi connectivity index (χ3v) is 8.35. The lowest BCUT2D eigenvalue weighted by Crippen LogP contribution is -2.43. The number of hydrogen-bond donors (Lipinski definition) is 0. The molecule has 0 aromatic rings. The van der Waals surface area contributed by atoms with Crippen molar-refractivity contribution in [3.63, 3.8) is 0 Å². The summed E-state index contributed by atoms with van der Waals surface area (Å²) in [4.78, 5) is 0. The van der Waals surface area contributed by atoms with Crippen molar-refractivity contribution in [2.45, 2.75) is 25.1 Å². The Morgan fingerprint density at radius 3 is 1.79 bits per heavy atom. The Labute approximate surface area is 89.6 Å². The summed E-state index contributed by atoms with van der Waals surface area (Å²) in [6.45, 7) is 2.16. The lowest BCUT2D eigenvalue weighted by Gasteiger charge is -2.25. The topological polar surface area (TPSA) is 36.9 Å². The van der Waals surface area contributed by atoms with Crippen LogP contribution in [-0.2, 0) is 17.7 Å². The molecule has 1 unspecified atom stereocenters. The molecule has 4 nitrogen and oxygen atoms in total. The van der Waals surface area contributed by atoms with Gasteiger partial charge in [0, 0.05) is 34.5 Å². The SMILES string of the molecule is CC[SiH](CC[Si](OC)(OC)OC)OC. The van der Waals surface area contributed by atoms with Crippen LogP contribution in [0.5, 0.6) is 0 Å². The molecule has 0 aromatic heterocycles. The molecule has 6 heteroatoms. The molecule has 0 amide bonds. The van der Waals surface area contributed by atoms with Crippen molar-refractivity contribution in [1.29, 1.82) is 0 Å². The Morgan fingerprint density at radius 2 is 1.50 bits per heavy atom. The lowest BCUT2D eigenvalue weighted by atomic mass is 10.9. The normalized spacial score (nSPS) is 14.4. The average molecular weight is 238 g/mol. The highest BCUT2D eigenvalue weighted by Crippen LogP contribution is 2.18. The third kappa shape index (κ3) is 4.20. The van der Waals surface area contributed by atoms with Gasteiger partial charge in [0.25, 0.3) is 0 Å². The first-order chi connectivity index (χ1) is 6.67. The quantitative estimate of drug-likeness (QED) is 0.597. The Hall–Kier alpha value is 0.274. The average Bonchev–Trinajstić information content (AvgIpc) is 2.26. The molecule has 0 bridgehead atoms. The molecule has 0 fully saturated rings. The molecule has 86 valence electrons. The highest BCUT2D eigenvalue weighted by Gasteiger charge is 2.38. The molecule has 0 N–H and O–H groups in total. The van der Waals surface area contributed by atoms with Crippen molar-refractivity contribution in [2.24, 2.45) is 0 Å². The van der Waals surface area contributed by atoms with Crippen molar-refractivity contribution >= 4 is 17.8 Å². The van der Waals surface area contributed by atoms with Crippen LogP contribution in [0.2, 0.25) is 18.1 Å². The standard InChI is InChI=1S/C8H22O4Si2/c1-6-13(9-2)7-8-14(10-3,11-4)12-5/h13H,6-8H2,1-5H3. The molecule has 0 heterocycles. The summed E-state index contributed by atoms with van der Waals surface area (Å²) in [5.74, 6) is 0. The molecule has 0 saturated carbocycles. The van der Waals surface area contributed by atoms with E-state index in [1.807, 2.05) is 0 Å². The minimum absolute atomic E-state index is 0.856. The summed E-state index contributed by atoms with van der Waals surface area (Å²) in [6, 6.07) is 3.04. The van der Waals surface area contributed by atoms with E-state index in [9.17, 15) is 0 Å². The van der Waals surface area contributed by atoms with E-state index in [2.05, 4.69) is 6.92 Å². The van der Waals surface area contributed by atoms with Crippen LogP contribution in [0.25, 0.3) is 0 Å². The highest BCUT2D eigenvalue weighted by atomic mass is 28.4. The number of rotatable bonds is 8. The maximum absolute atomic E-state index is 5.42. The van der Waals surface area contributed by atoms with E-state index in [1.54, 1.807) is 28.4 Å². The minimum atomic E-state index is -2.36. The molecular weight excluding hydrogens is 216 g/mol. The van der Waals surface area contributed by atoms with Gasteiger partial charge in [0.05, 0.1) is 0 Å². The van der Waals surface area contributed by atoms with Crippen LogP contribution in [-0.4, -0.2) is 46.3 Å². The van der Waals surface area contributed by atoms with E-state index in [0.29, 0.717) is 0 Å². The summed E-state index contributed by atoms with van der Waals surface area (Å²) in [5, 5.41) is 0. The summed E-state index contributed by atoms with van der Waals surface area (Å²) in [6.07, 6.45) is 0. The van der Waals surface area contributed by atoms with E-state index >= 15 is 0 Å². The Morgan fingerprint density at radius 1 is 1.00 bits per heavy atom. The Balaban J connectivity index is 4.04. The zero-order chi connectivity index (χ0) is 11.0. The van der Waals surface area contributed by atoms with Crippen molar-refractivity contribution in [1.82, 2.24) is 0 Å². The minimum Gasteiger partial charge on any atom is -0.423 e. The second kappa shape index (κ2) is 7.55. The van der Waals surface area contributed by atoms with Gasteiger partial charge in [0.2, 0.25) is 0 Å². The van der Waals surface area contributed by atoms with E-state index in [0.717, 1.165) is 18.1 Å². The first-order valence-corrected chi connectivity index (χ1v) is 8.89. The summed E-state index contributed by atoms with van der Waals surface area (Å²) in [5.41, 5.74) is 0. The molecule has 14 heavy (non-hydrogen) atoms. The van der Waals surface area contributed by atoms with Crippen LogP contribution in [0.4, 0.5) is 0 Å². The fraction of sp³-hybridized carbons (Fsp3) is 1.00. The van der Waals surface area contributed by atoms with Crippen molar-refractivity contribution < 1.29 is 17.7 Å². The zero-order valence-corrected chi connectivity index (χ0v) is 12.0. The highest BCUT2D eigenvalue weighted by molar-refractivity contribution is 6.63. The van der Waals surface area contributed by atoms with Crippen LogP contribution in [0, 0.1) is 0 Å². The summed E-state index contributed by atoms with van der Waals surface area (Å²) >= 11 is 0. The molecule has 0 saturated heterocycles. The van der Waals surface area contributed by atoms with Gasteiger partial charge in [-0.2, -0.15) is 0 Å². The van der Waals surface area contributed by atoms with Crippen LogP contribution in [0.15, 0.2) is 0 Å².